The lowest BCUT2D eigenvalue weighted by molar-refractivity contribution is 0.0951. The molecule has 0 bridgehead atoms. The van der Waals surface area contributed by atoms with Crippen LogP contribution in [0.4, 0.5) is 5.69 Å². The minimum absolute atomic E-state index is 0.0223. The van der Waals surface area contributed by atoms with E-state index in [9.17, 15) is 21.6 Å². The molecule has 3 rings (SSSR count). The summed E-state index contributed by atoms with van der Waals surface area (Å²) in [5, 5.41) is 2.84. The van der Waals surface area contributed by atoms with Crippen LogP contribution in [0.1, 0.15) is 21.5 Å². The molecule has 1 amide bonds. The lowest BCUT2D eigenvalue weighted by Crippen LogP contribution is -2.23. The quantitative estimate of drug-likeness (QED) is 0.521. The maximum Gasteiger partial charge on any atom is 0.261 e. The monoisotopic (exact) mass is 492 g/mol. The topological polar surface area (TPSA) is 109 Å². The van der Waals surface area contributed by atoms with Crippen LogP contribution in [0.2, 0.25) is 5.02 Å². The van der Waals surface area contributed by atoms with Crippen LogP contribution in [0.25, 0.3) is 0 Å². The molecule has 0 radical (unpaired) electrons. The van der Waals surface area contributed by atoms with Gasteiger partial charge in [0.05, 0.1) is 20.4 Å². The zero-order chi connectivity index (χ0) is 23.5. The largest absolute Gasteiger partial charge is 0.348 e. The van der Waals surface area contributed by atoms with Crippen LogP contribution in [0.15, 0.2) is 76.5 Å². The molecule has 3 aromatic rings. The van der Waals surface area contributed by atoms with Crippen LogP contribution in [0.5, 0.6) is 0 Å². The SMILES string of the molecule is Cc1ccc(CNC(=O)c2cc(S(=O)(=O)Nc3ccc(S(C)(=O)=O)cc3)ccc2Cl)cc1. The normalized spacial score (nSPS) is 11.7. The molecular weight excluding hydrogens is 472 g/mol. The van der Waals surface area contributed by atoms with E-state index in [-0.39, 0.29) is 32.6 Å². The average Bonchev–Trinajstić information content (AvgIpc) is 2.72. The van der Waals surface area contributed by atoms with Gasteiger partial charge in [0.15, 0.2) is 9.84 Å². The Morgan fingerprint density at radius 2 is 1.47 bits per heavy atom. The van der Waals surface area contributed by atoms with Crippen LogP contribution >= 0.6 is 11.6 Å². The van der Waals surface area contributed by atoms with E-state index < -0.39 is 25.8 Å². The van der Waals surface area contributed by atoms with Gasteiger partial charge in [-0.2, -0.15) is 0 Å². The van der Waals surface area contributed by atoms with Gasteiger partial charge in [0.25, 0.3) is 15.9 Å². The molecule has 0 aliphatic carbocycles. The number of hydrogen-bond acceptors (Lipinski definition) is 5. The number of sulfone groups is 1. The van der Waals surface area contributed by atoms with Crippen LogP contribution < -0.4 is 10.0 Å². The summed E-state index contributed by atoms with van der Waals surface area (Å²) in [4.78, 5) is 12.5. The summed E-state index contributed by atoms with van der Waals surface area (Å²) in [6.45, 7) is 2.22. The molecule has 0 heterocycles. The van der Waals surface area contributed by atoms with Crippen molar-refractivity contribution in [3.63, 3.8) is 0 Å². The first-order valence-corrected chi connectivity index (χ1v) is 13.2. The predicted molar refractivity (Wildman–Crippen MR) is 124 cm³/mol. The highest BCUT2D eigenvalue weighted by Crippen LogP contribution is 2.23. The smallest absolute Gasteiger partial charge is 0.261 e. The molecule has 2 N–H and O–H groups in total. The van der Waals surface area contributed by atoms with Gasteiger partial charge in [0.2, 0.25) is 0 Å². The Labute approximate surface area is 192 Å². The van der Waals surface area contributed by atoms with E-state index in [0.29, 0.717) is 0 Å². The first-order valence-electron chi connectivity index (χ1n) is 9.42. The molecule has 0 aliphatic rings. The molecule has 7 nitrogen and oxygen atoms in total. The van der Waals surface area contributed by atoms with Gasteiger partial charge in [0.1, 0.15) is 0 Å². The first kappa shape index (κ1) is 23.8. The molecular formula is C22H21ClN2O5S2. The summed E-state index contributed by atoms with van der Waals surface area (Å²) >= 11 is 6.13. The number of anilines is 1. The fraction of sp³-hybridized carbons (Fsp3) is 0.136. The molecule has 32 heavy (non-hydrogen) atoms. The molecule has 0 spiro atoms. The van der Waals surface area contributed by atoms with E-state index in [0.717, 1.165) is 17.4 Å². The van der Waals surface area contributed by atoms with Crippen molar-refractivity contribution in [2.24, 2.45) is 0 Å². The summed E-state index contributed by atoms with van der Waals surface area (Å²) in [5.41, 5.74) is 2.19. The van der Waals surface area contributed by atoms with Crippen molar-refractivity contribution >= 4 is 43.1 Å². The summed E-state index contributed by atoms with van der Waals surface area (Å²) in [5.74, 6) is -0.509. The molecule has 3 aromatic carbocycles. The number of halogens is 1. The third-order valence-electron chi connectivity index (χ3n) is 4.60. The average molecular weight is 493 g/mol. The summed E-state index contributed by atoms with van der Waals surface area (Å²) < 4.78 is 51.0. The number of nitrogens with one attached hydrogen (secondary N) is 2. The molecule has 0 saturated heterocycles. The number of carbonyl (C=O) groups is 1. The second-order valence-electron chi connectivity index (χ2n) is 7.21. The molecule has 0 fully saturated rings. The third kappa shape index (κ3) is 5.87. The predicted octanol–water partition coefficient (Wildman–Crippen LogP) is 3.78. The van der Waals surface area contributed by atoms with E-state index in [1.807, 2.05) is 31.2 Å². The first-order chi connectivity index (χ1) is 15.0. The van der Waals surface area contributed by atoms with Gasteiger partial charge in [-0.1, -0.05) is 41.4 Å². The summed E-state index contributed by atoms with van der Waals surface area (Å²) in [6, 6.07) is 16.7. The van der Waals surface area contributed by atoms with Crippen molar-refractivity contribution < 1.29 is 21.6 Å². The number of rotatable bonds is 7. The third-order valence-corrected chi connectivity index (χ3v) is 7.44. The molecule has 168 valence electrons. The Hall–Kier alpha value is -2.88. The van der Waals surface area contributed by atoms with Gasteiger partial charge in [-0.15, -0.1) is 0 Å². The number of sulfonamides is 1. The van der Waals surface area contributed by atoms with Gasteiger partial charge < -0.3 is 5.32 Å². The van der Waals surface area contributed by atoms with Crippen molar-refractivity contribution in [2.45, 2.75) is 23.3 Å². The Kier molecular flexibility index (Phi) is 6.92. The van der Waals surface area contributed by atoms with Gasteiger partial charge >= 0.3 is 0 Å². The summed E-state index contributed by atoms with van der Waals surface area (Å²) in [6.07, 6.45) is 1.06. The van der Waals surface area contributed by atoms with Crippen molar-refractivity contribution in [1.29, 1.82) is 0 Å². The Bertz CT molecular complexity index is 1350. The van der Waals surface area contributed by atoms with Crippen LogP contribution in [0.3, 0.4) is 0 Å². The lowest BCUT2D eigenvalue weighted by atomic mass is 10.1. The van der Waals surface area contributed by atoms with Crippen molar-refractivity contribution in [3.8, 4) is 0 Å². The fourth-order valence-corrected chi connectivity index (χ4v) is 4.73. The van der Waals surface area contributed by atoms with Crippen molar-refractivity contribution in [1.82, 2.24) is 5.32 Å². The van der Waals surface area contributed by atoms with Crippen LogP contribution in [-0.2, 0) is 26.4 Å². The highest BCUT2D eigenvalue weighted by Gasteiger charge is 2.19. The number of benzene rings is 3. The van der Waals surface area contributed by atoms with E-state index in [1.54, 1.807) is 0 Å². The summed E-state index contributed by atoms with van der Waals surface area (Å²) in [7, 11) is -7.44. The number of carbonyl (C=O) groups excluding carboxylic acids is 1. The van der Waals surface area contributed by atoms with Crippen LogP contribution in [0, 0.1) is 6.92 Å². The molecule has 0 aromatic heterocycles. The van der Waals surface area contributed by atoms with E-state index >= 15 is 0 Å². The highest BCUT2D eigenvalue weighted by atomic mass is 35.5. The van der Waals surface area contributed by atoms with E-state index in [2.05, 4.69) is 10.0 Å². The maximum atomic E-state index is 12.8. The zero-order valence-corrected chi connectivity index (χ0v) is 19.7. The second kappa shape index (κ2) is 9.32. The Morgan fingerprint density at radius 1 is 0.875 bits per heavy atom. The minimum Gasteiger partial charge on any atom is -0.348 e. The molecule has 0 aliphatic heterocycles. The number of amides is 1. The molecule has 0 unspecified atom stereocenters. The van der Waals surface area contributed by atoms with E-state index in [4.69, 9.17) is 11.6 Å². The second-order valence-corrected chi connectivity index (χ2v) is 11.3. The van der Waals surface area contributed by atoms with Crippen molar-refractivity contribution in [3.05, 3.63) is 88.4 Å². The maximum absolute atomic E-state index is 12.8. The number of hydrogen-bond donors (Lipinski definition) is 2. The van der Waals surface area contributed by atoms with Crippen molar-refractivity contribution in [2.75, 3.05) is 11.0 Å². The molecule has 10 heteroatoms. The Balaban J connectivity index is 1.78. The molecule has 0 saturated carbocycles. The van der Waals surface area contributed by atoms with Gasteiger partial charge in [-0.25, -0.2) is 16.8 Å². The number of aryl methyl sites for hydroxylation is 1. The minimum atomic E-state index is -4.04. The van der Waals surface area contributed by atoms with Crippen LogP contribution in [-0.4, -0.2) is 29.0 Å². The zero-order valence-electron chi connectivity index (χ0n) is 17.3. The molecule has 0 atom stereocenters. The van der Waals surface area contributed by atoms with Gasteiger partial charge in [-0.3, -0.25) is 9.52 Å². The van der Waals surface area contributed by atoms with Gasteiger partial charge in [0, 0.05) is 18.5 Å². The van der Waals surface area contributed by atoms with Gasteiger partial charge in [-0.05, 0) is 55.0 Å². The lowest BCUT2D eigenvalue weighted by Gasteiger charge is -2.12. The fourth-order valence-electron chi connectivity index (χ4n) is 2.81. The standard InChI is InChI=1S/C22H21ClN2O5S2/c1-15-3-5-16(6-4-15)14-24-22(26)20-13-19(11-12-21(20)23)32(29,30)25-17-7-9-18(10-8-17)31(2,27)28/h3-13,25H,14H2,1-2H3,(H,24,26). The highest BCUT2D eigenvalue weighted by molar-refractivity contribution is 7.92. The van der Waals surface area contributed by atoms with E-state index in [1.165, 1.54) is 42.5 Å². The Morgan fingerprint density at radius 3 is 2.06 bits per heavy atom.